The van der Waals surface area contributed by atoms with Gasteiger partial charge in [0, 0.05) is 19.4 Å². The molecule has 0 saturated heterocycles. The smallest absolute Gasteiger partial charge is 0.0599 e. The second-order valence-corrected chi connectivity index (χ2v) is 3.65. The van der Waals surface area contributed by atoms with Crippen LogP contribution in [-0.4, -0.2) is 17.0 Å². The molecule has 82 valence electrons. The number of rotatable bonds is 3. The van der Waals surface area contributed by atoms with E-state index in [0.29, 0.717) is 5.69 Å². The molecule has 0 radical (unpaired) electrons. The van der Waals surface area contributed by atoms with E-state index in [9.17, 15) is 0 Å². The normalized spacial score (nSPS) is 10.1. The molecule has 0 saturated carbocycles. The third-order valence-electron chi connectivity index (χ3n) is 2.31. The zero-order chi connectivity index (χ0) is 11.4. The van der Waals surface area contributed by atoms with Crippen molar-refractivity contribution >= 4 is 11.4 Å². The Morgan fingerprint density at radius 1 is 1.31 bits per heavy atom. The second kappa shape index (κ2) is 4.61. The van der Waals surface area contributed by atoms with Gasteiger partial charge >= 0.3 is 0 Å². The summed E-state index contributed by atoms with van der Waals surface area (Å²) in [7, 11) is 1.99. The molecule has 0 amide bonds. The molecule has 2 aromatic rings. The molecule has 0 spiro atoms. The van der Waals surface area contributed by atoms with Gasteiger partial charge in [0.1, 0.15) is 0 Å². The molecule has 0 aromatic carbocycles. The fourth-order valence-electron chi connectivity index (χ4n) is 1.48. The summed E-state index contributed by atoms with van der Waals surface area (Å²) in [6.07, 6.45) is 5.22. The molecule has 0 fully saturated rings. The molecule has 0 aliphatic heterocycles. The van der Waals surface area contributed by atoms with Crippen LogP contribution >= 0.6 is 0 Å². The van der Waals surface area contributed by atoms with E-state index in [4.69, 9.17) is 5.73 Å². The highest BCUT2D eigenvalue weighted by Crippen LogP contribution is 2.15. The lowest BCUT2D eigenvalue weighted by atomic mass is 10.3. The molecule has 2 N–H and O–H groups in total. The van der Waals surface area contributed by atoms with Gasteiger partial charge in [0.05, 0.1) is 29.8 Å². The number of hydrogen-bond acceptors (Lipinski definition) is 4. The van der Waals surface area contributed by atoms with Gasteiger partial charge in [0.15, 0.2) is 0 Å². The van der Waals surface area contributed by atoms with Crippen molar-refractivity contribution in [2.24, 2.45) is 0 Å². The van der Waals surface area contributed by atoms with Crippen LogP contribution in [0.4, 0.5) is 11.4 Å². The summed E-state index contributed by atoms with van der Waals surface area (Å²) in [5.74, 6) is 0. The highest BCUT2D eigenvalue weighted by atomic mass is 15.1. The number of nitrogens with zero attached hydrogens (tertiary/aromatic N) is 3. The minimum absolute atomic E-state index is 0.672. The Morgan fingerprint density at radius 3 is 2.88 bits per heavy atom. The van der Waals surface area contributed by atoms with Crippen LogP contribution < -0.4 is 10.6 Å². The first-order valence-corrected chi connectivity index (χ1v) is 5.07. The molecule has 16 heavy (non-hydrogen) atoms. The van der Waals surface area contributed by atoms with Crippen molar-refractivity contribution in [2.75, 3.05) is 17.7 Å². The molecular weight excluding hydrogens is 200 g/mol. The van der Waals surface area contributed by atoms with E-state index in [1.165, 1.54) is 0 Å². The van der Waals surface area contributed by atoms with E-state index < -0.39 is 0 Å². The Kier molecular flexibility index (Phi) is 3.00. The van der Waals surface area contributed by atoms with Crippen molar-refractivity contribution < 1.29 is 0 Å². The standard InChI is InChI=1S/C12H14N4/c1-16(9-11-4-2-3-5-15-11)12-6-10(13)7-14-8-12/h2-8H,9,13H2,1H3. The summed E-state index contributed by atoms with van der Waals surface area (Å²) in [5, 5.41) is 0. The van der Waals surface area contributed by atoms with Gasteiger partial charge in [-0.3, -0.25) is 9.97 Å². The Morgan fingerprint density at radius 2 is 2.19 bits per heavy atom. The van der Waals surface area contributed by atoms with Gasteiger partial charge in [-0.25, -0.2) is 0 Å². The fourth-order valence-corrected chi connectivity index (χ4v) is 1.48. The quantitative estimate of drug-likeness (QED) is 0.844. The van der Waals surface area contributed by atoms with E-state index in [-0.39, 0.29) is 0 Å². The molecule has 4 heteroatoms. The first-order valence-electron chi connectivity index (χ1n) is 5.07. The molecular formula is C12H14N4. The highest BCUT2D eigenvalue weighted by Gasteiger charge is 2.03. The Balaban J connectivity index is 2.12. The number of hydrogen-bond donors (Lipinski definition) is 1. The van der Waals surface area contributed by atoms with Crippen molar-refractivity contribution in [2.45, 2.75) is 6.54 Å². The number of nitrogens with two attached hydrogens (primary N) is 1. The summed E-state index contributed by atoms with van der Waals surface area (Å²) in [4.78, 5) is 10.4. The molecule has 0 atom stereocenters. The lowest BCUT2D eigenvalue weighted by Crippen LogP contribution is -2.17. The SMILES string of the molecule is CN(Cc1ccccn1)c1cncc(N)c1. The third-order valence-corrected chi connectivity index (χ3v) is 2.31. The van der Waals surface area contributed by atoms with Crippen LogP contribution in [0, 0.1) is 0 Å². The molecule has 0 unspecified atom stereocenters. The van der Waals surface area contributed by atoms with Crippen LogP contribution in [0.2, 0.25) is 0 Å². The summed E-state index contributed by atoms with van der Waals surface area (Å²) in [6, 6.07) is 7.78. The molecule has 0 aliphatic carbocycles. The molecule has 2 aromatic heterocycles. The van der Waals surface area contributed by atoms with Crippen molar-refractivity contribution in [1.29, 1.82) is 0 Å². The lowest BCUT2D eigenvalue weighted by Gasteiger charge is -2.18. The van der Waals surface area contributed by atoms with E-state index >= 15 is 0 Å². The Bertz CT molecular complexity index is 456. The number of pyridine rings is 2. The van der Waals surface area contributed by atoms with Gasteiger partial charge in [-0.1, -0.05) is 6.07 Å². The minimum Gasteiger partial charge on any atom is -0.397 e. The Labute approximate surface area is 94.8 Å². The second-order valence-electron chi connectivity index (χ2n) is 3.65. The number of anilines is 2. The van der Waals surface area contributed by atoms with E-state index in [0.717, 1.165) is 17.9 Å². The average molecular weight is 214 g/mol. The van der Waals surface area contributed by atoms with E-state index in [1.807, 2.05) is 31.3 Å². The van der Waals surface area contributed by atoms with Gasteiger partial charge in [0.2, 0.25) is 0 Å². The van der Waals surface area contributed by atoms with Crippen molar-refractivity contribution in [3.8, 4) is 0 Å². The summed E-state index contributed by atoms with van der Waals surface area (Å²) in [6.45, 7) is 0.742. The molecule has 4 nitrogen and oxygen atoms in total. The van der Waals surface area contributed by atoms with Gasteiger partial charge in [-0.2, -0.15) is 0 Å². The number of aromatic nitrogens is 2. The minimum atomic E-state index is 0.672. The van der Waals surface area contributed by atoms with Crippen LogP contribution in [0.3, 0.4) is 0 Å². The summed E-state index contributed by atoms with van der Waals surface area (Å²) >= 11 is 0. The predicted octanol–water partition coefficient (Wildman–Crippen LogP) is 1.70. The molecule has 0 aliphatic rings. The number of nitrogen functional groups attached to an aromatic ring is 1. The van der Waals surface area contributed by atoms with Crippen molar-refractivity contribution in [3.05, 3.63) is 48.5 Å². The monoisotopic (exact) mass is 214 g/mol. The maximum Gasteiger partial charge on any atom is 0.0599 e. The van der Waals surface area contributed by atoms with E-state index in [2.05, 4.69) is 14.9 Å². The molecule has 0 bridgehead atoms. The van der Waals surface area contributed by atoms with Crippen LogP contribution in [0.25, 0.3) is 0 Å². The van der Waals surface area contributed by atoms with Gasteiger partial charge < -0.3 is 10.6 Å². The molecule has 2 rings (SSSR count). The van der Waals surface area contributed by atoms with Crippen molar-refractivity contribution in [3.63, 3.8) is 0 Å². The van der Waals surface area contributed by atoms with Crippen LogP contribution in [0.15, 0.2) is 42.9 Å². The Hall–Kier alpha value is -2.10. The lowest BCUT2D eigenvalue weighted by molar-refractivity contribution is 0.882. The zero-order valence-corrected chi connectivity index (χ0v) is 9.17. The van der Waals surface area contributed by atoms with Crippen LogP contribution in [-0.2, 0) is 6.54 Å². The van der Waals surface area contributed by atoms with E-state index in [1.54, 1.807) is 18.6 Å². The van der Waals surface area contributed by atoms with Crippen LogP contribution in [0.5, 0.6) is 0 Å². The largest absolute Gasteiger partial charge is 0.397 e. The fraction of sp³-hybridized carbons (Fsp3) is 0.167. The maximum absolute atomic E-state index is 5.68. The third kappa shape index (κ3) is 2.48. The first-order chi connectivity index (χ1) is 7.75. The average Bonchev–Trinajstić information content (AvgIpc) is 2.30. The van der Waals surface area contributed by atoms with Crippen molar-refractivity contribution in [1.82, 2.24) is 9.97 Å². The maximum atomic E-state index is 5.68. The summed E-state index contributed by atoms with van der Waals surface area (Å²) < 4.78 is 0. The summed E-state index contributed by atoms with van der Waals surface area (Å²) in [5.41, 5.74) is 8.37. The zero-order valence-electron chi connectivity index (χ0n) is 9.17. The predicted molar refractivity (Wildman–Crippen MR) is 65.0 cm³/mol. The topological polar surface area (TPSA) is 55.0 Å². The highest BCUT2D eigenvalue weighted by molar-refractivity contribution is 5.52. The van der Waals surface area contributed by atoms with Crippen LogP contribution in [0.1, 0.15) is 5.69 Å². The van der Waals surface area contributed by atoms with Gasteiger partial charge in [-0.15, -0.1) is 0 Å². The first kappa shape index (κ1) is 10.4. The van der Waals surface area contributed by atoms with Gasteiger partial charge in [-0.05, 0) is 18.2 Å². The van der Waals surface area contributed by atoms with Gasteiger partial charge in [0.25, 0.3) is 0 Å². The molecule has 2 heterocycles.